The van der Waals surface area contributed by atoms with Gasteiger partial charge in [0.1, 0.15) is 0 Å². The van der Waals surface area contributed by atoms with Gasteiger partial charge in [0.05, 0.1) is 13.2 Å². The van der Waals surface area contributed by atoms with Crippen molar-refractivity contribution < 1.29 is 14.3 Å². The van der Waals surface area contributed by atoms with Crippen LogP contribution in [0.25, 0.3) is 0 Å². The van der Waals surface area contributed by atoms with Crippen molar-refractivity contribution >= 4 is 17.6 Å². The van der Waals surface area contributed by atoms with Crippen molar-refractivity contribution in [3.05, 3.63) is 34.9 Å². The Kier molecular flexibility index (Phi) is 4.25. The van der Waals surface area contributed by atoms with E-state index in [1.807, 2.05) is 24.3 Å². The molecule has 18 heavy (non-hydrogen) atoms. The molecular weight excluding hydrogens is 252 g/mol. The summed E-state index contributed by atoms with van der Waals surface area (Å²) in [5, 5.41) is 0.746. The van der Waals surface area contributed by atoms with E-state index < -0.39 is 5.60 Å². The number of epoxide rings is 1. The number of ether oxygens (including phenoxy) is 2. The minimum atomic E-state index is -0.658. The van der Waals surface area contributed by atoms with Gasteiger partial charge in [-0.2, -0.15) is 0 Å². The van der Waals surface area contributed by atoms with Gasteiger partial charge in [0.15, 0.2) is 5.60 Å². The lowest BCUT2D eigenvalue weighted by atomic mass is 10.0. The van der Waals surface area contributed by atoms with Crippen LogP contribution >= 0.6 is 11.6 Å². The van der Waals surface area contributed by atoms with Crippen molar-refractivity contribution in [3.63, 3.8) is 0 Å². The van der Waals surface area contributed by atoms with Gasteiger partial charge in [-0.3, -0.25) is 0 Å². The fraction of sp³-hybridized carbons (Fsp3) is 0.500. The minimum absolute atomic E-state index is 0.226. The fourth-order valence-electron chi connectivity index (χ4n) is 1.98. The molecule has 1 aliphatic rings. The summed E-state index contributed by atoms with van der Waals surface area (Å²) in [5.74, 6) is -0.226. The summed E-state index contributed by atoms with van der Waals surface area (Å²) in [6.45, 7) is 2.69. The van der Waals surface area contributed by atoms with E-state index in [9.17, 15) is 4.79 Å². The number of aryl methyl sites for hydroxylation is 1. The smallest absolute Gasteiger partial charge is 0.340 e. The third-order valence-corrected chi connectivity index (χ3v) is 3.31. The second kappa shape index (κ2) is 5.72. The first-order chi connectivity index (χ1) is 8.66. The molecule has 0 N–H and O–H groups in total. The molecule has 3 nitrogen and oxygen atoms in total. The molecule has 98 valence electrons. The van der Waals surface area contributed by atoms with Gasteiger partial charge in [-0.15, -0.1) is 0 Å². The van der Waals surface area contributed by atoms with Crippen LogP contribution in [0.3, 0.4) is 0 Å². The van der Waals surface area contributed by atoms with Crippen LogP contribution in [0, 0.1) is 0 Å². The van der Waals surface area contributed by atoms with Crippen LogP contribution in [0.4, 0.5) is 0 Å². The predicted octanol–water partition coefficient (Wildman–Crippen LogP) is 2.99. The molecule has 0 saturated carbocycles. The monoisotopic (exact) mass is 268 g/mol. The van der Waals surface area contributed by atoms with E-state index in [1.54, 1.807) is 6.92 Å². The highest BCUT2D eigenvalue weighted by Crippen LogP contribution is 2.34. The van der Waals surface area contributed by atoms with E-state index >= 15 is 0 Å². The summed E-state index contributed by atoms with van der Waals surface area (Å²) in [6, 6.07) is 7.78. The van der Waals surface area contributed by atoms with E-state index in [1.165, 1.54) is 5.56 Å². The third kappa shape index (κ3) is 3.24. The molecule has 0 aromatic heterocycles. The minimum Gasteiger partial charge on any atom is -0.464 e. The SMILES string of the molecule is CCOC(=O)[C@]1(CCCc2cccc(Cl)c2)CO1. The summed E-state index contributed by atoms with van der Waals surface area (Å²) in [4.78, 5) is 11.7. The zero-order valence-corrected chi connectivity index (χ0v) is 11.2. The maximum absolute atomic E-state index is 11.7. The number of hydrogen-bond acceptors (Lipinski definition) is 3. The highest BCUT2D eigenvalue weighted by molar-refractivity contribution is 6.30. The fourth-order valence-corrected chi connectivity index (χ4v) is 2.20. The second-order valence-electron chi connectivity index (χ2n) is 4.49. The van der Waals surface area contributed by atoms with E-state index in [4.69, 9.17) is 21.1 Å². The number of halogens is 1. The molecule has 1 fully saturated rings. The normalized spacial score (nSPS) is 21.7. The molecule has 4 heteroatoms. The Morgan fingerprint density at radius 3 is 2.94 bits per heavy atom. The number of benzene rings is 1. The van der Waals surface area contributed by atoms with Crippen LogP contribution in [-0.4, -0.2) is 24.8 Å². The Hall–Kier alpha value is -1.06. The number of rotatable bonds is 6. The molecular formula is C14H17ClO3. The Bertz CT molecular complexity index is 427. The van der Waals surface area contributed by atoms with Crippen molar-refractivity contribution in [1.82, 2.24) is 0 Å². The van der Waals surface area contributed by atoms with Crippen molar-refractivity contribution in [2.75, 3.05) is 13.2 Å². The van der Waals surface area contributed by atoms with Crippen molar-refractivity contribution in [2.45, 2.75) is 31.8 Å². The van der Waals surface area contributed by atoms with E-state index in [0.29, 0.717) is 19.6 Å². The standard InChI is InChI=1S/C14H17ClO3/c1-2-17-13(16)14(10-18-14)8-4-6-11-5-3-7-12(15)9-11/h3,5,7,9H,2,4,6,8,10H2,1H3/t14-/m0/s1. The molecule has 1 aromatic carbocycles. The van der Waals surface area contributed by atoms with Crippen molar-refractivity contribution in [1.29, 1.82) is 0 Å². The zero-order valence-electron chi connectivity index (χ0n) is 10.4. The van der Waals surface area contributed by atoms with Crippen LogP contribution in [-0.2, 0) is 20.7 Å². The Balaban J connectivity index is 1.80. The van der Waals surface area contributed by atoms with Crippen molar-refractivity contribution in [2.24, 2.45) is 0 Å². The molecule has 0 radical (unpaired) electrons. The first kappa shape index (κ1) is 13.4. The van der Waals surface area contributed by atoms with Crippen LogP contribution in [0.2, 0.25) is 5.02 Å². The van der Waals surface area contributed by atoms with Gasteiger partial charge < -0.3 is 9.47 Å². The van der Waals surface area contributed by atoms with Gasteiger partial charge in [-0.25, -0.2) is 4.79 Å². The first-order valence-electron chi connectivity index (χ1n) is 6.22. The number of carbonyl (C=O) groups is 1. The summed E-state index contributed by atoms with van der Waals surface area (Å²) in [7, 11) is 0. The molecule has 0 spiro atoms. The molecule has 0 amide bonds. The zero-order chi connectivity index (χ0) is 13.0. The topological polar surface area (TPSA) is 38.8 Å². The lowest BCUT2D eigenvalue weighted by molar-refractivity contribution is -0.149. The van der Waals surface area contributed by atoms with Gasteiger partial charge in [0.25, 0.3) is 0 Å². The molecule has 2 rings (SSSR count). The maximum Gasteiger partial charge on any atom is 0.340 e. The maximum atomic E-state index is 11.7. The molecule has 1 saturated heterocycles. The predicted molar refractivity (Wildman–Crippen MR) is 69.7 cm³/mol. The van der Waals surface area contributed by atoms with Gasteiger partial charge in [0.2, 0.25) is 0 Å². The molecule has 0 unspecified atom stereocenters. The molecule has 0 bridgehead atoms. The Morgan fingerprint density at radius 1 is 1.56 bits per heavy atom. The lowest BCUT2D eigenvalue weighted by Crippen LogP contribution is -2.27. The molecule has 1 aromatic rings. The molecule has 0 aliphatic carbocycles. The molecule has 1 heterocycles. The number of esters is 1. The highest BCUT2D eigenvalue weighted by atomic mass is 35.5. The Morgan fingerprint density at radius 2 is 2.33 bits per heavy atom. The van der Waals surface area contributed by atoms with Crippen LogP contribution in [0.15, 0.2) is 24.3 Å². The molecule has 1 aliphatic heterocycles. The van der Waals surface area contributed by atoms with Gasteiger partial charge >= 0.3 is 5.97 Å². The van der Waals surface area contributed by atoms with Gasteiger partial charge in [0, 0.05) is 5.02 Å². The van der Waals surface area contributed by atoms with E-state index in [0.717, 1.165) is 17.9 Å². The van der Waals surface area contributed by atoms with Crippen LogP contribution in [0.1, 0.15) is 25.3 Å². The van der Waals surface area contributed by atoms with Gasteiger partial charge in [-0.1, -0.05) is 23.7 Å². The van der Waals surface area contributed by atoms with Gasteiger partial charge in [-0.05, 0) is 43.9 Å². The number of carbonyl (C=O) groups excluding carboxylic acids is 1. The highest BCUT2D eigenvalue weighted by Gasteiger charge is 2.52. The summed E-state index contributed by atoms with van der Waals surface area (Å²) < 4.78 is 10.3. The summed E-state index contributed by atoms with van der Waals surface area (Å²) in [6.07, 6.45) is 2.49. The summed E-state index contributed by atoms with van der Waals surface area (Å²) in [5.41, 5.74) is 0.524. The summed E-state index contributed by atoms with van der Waals surface area (Å²) >= 11 is 5.92. The quantitative estimate of drug-likeness (QED) is 0.588. The van der Waals surface area contributed by atoms with E-state index in [2.05, 4.69) is 0 Å². The average Bonchev–Trinajstić information content (AvgIpc) is 3.11. The van der Waals surface area contributed by atoms with Crippen molar-refractivity contribution in [3.8, 4) is 0 Å². The van der Waals surface area contributed by atoms with Crippen LogP contribution < -0.4 is 0 Å². The number of hydrogen-bond donors (Lipinski definition) is 0. The third-order valence-electron chi connectivity index (χ3n) is 3.08. The van der Waals surface area contributed by atoms with E-state index in [-0.39, 0.29) is 5.97 Å². The second-order valence-corrected chi connectivity index (χ2v) is 4.92. The average molecular weight is 269 g/mol. The lowest BCUT2D eigenvalue weighted by Gasteiger charge is -2.10. The molecule has 1 atom stereocenters. The Labute approximate surface area is 112 Å². The largest absolute Gasteiger partial charge is 0.464 e. The first-order valence-corrected chi connectivity index (χ1v) is 6.60. The van der Waals surface area contributed by atoms with Crippen LogP contribution in [0.5, 0.6) is 0 Å².